The lowest BCUT2D eigenvalue weighted by Gasteiger charge is -2.18. The lowest BCUT2D eigenvalue weighted by molar-refractivity contribution is 0.202. The molecule has 1 heterocycles. The van der Waals surface area contributed by atoms with Crippen molar-refractivity contribution in [1.29, 1.82) is 0 Å². The van der Waals surface area contributed by atoms with E-state index >= 15 is 0 Å². The maximum absolute atomic E-state index is 14.3. The Morgan fingerprint density at radius 1 is 1.40 bits per heavy atom. The van der Waals surface area contributed by atoms with Crippen LogP contribution in [0.1, 0.15) is 12.0 Å². The van der Waals surface area contributed by atoms with Gasteiger partial charge < -0.3 is 5.73 Å². The molecule has 5 heteroatoms. The molecule has 1 atom stereocenters. The number of rotatable bonds is 1. The number of hydrogen-bond acceptors (Lipinski definition) is 3. The molecule has 0 radical (unpaired) electrons. The first-order valence-corrected chi connectivity index (χ1v) is 6.49. The predicted octanol–water partition coefficient (Wildman–Crippen LogP) is 1.25. The van der Waals surface area contributed by atoms with Gasteiger partial charge in [0.1, 0.15) is 0 Å². The Morgan fingerprint density at radius 3 is 2.67 bits per heavy atom. The van der Waals surface area contributed by atoms with Gasteiger partial charge in [-0.1, -0.05) is 12.1 Å². The first-order chi connectivity index (χ1) is 6.91. The topological polar surface area (TPSA) is 60.2 Å². The van der Waals surface area contributed by atoms with Crippen molar-refractivity contribution in [2.45, 2.75) is 12.1 Å². The first kappa shape index (κ1) is 10.4. The molecule has 0 amide bonds. The van der Waals surface area contributed by atoms with Gasteiger partial charge in [-0.25, -0.2) is 12.8 Å². The van der Waals surface area contributed by atoms with E-state index in [0.29, 0.717) is 11.3 Å². The molecule has 1 fully saturated rings. The second-order valence-electron chi connectivity index (χ2n) is 3.93. The van der Waals surface area contributed by atoms with E-state index in [1.54, 1.807) is 18.2 Å². The maximum atomic E-state index is 14.3. The Balaban J connectivity index is 2.40. The Bertz CT molecular complexity index is 486. The minimum Gasteiger partial charge on any atom is -0.399 e. The molecule has 82 valence electrons. The zero-order chi connectivity index (χ0) is 11.1. The number of nitrogen functional groups attached to an aromatic ring is 1. The molecule has 2 rings (SSSR count). The van der Waals surface area contributed by atoms with E-state index in [-0.39, 0.29) is 12.2 Å². The first-order valence-electron chi connectivity index (χ1n) is 4.67. The third-order valence-electron chi connectivity index (χ3n) is 2.66. The molecule has 3 nitrogen and oxygen atoms in total. The highest BCUT2D eigenvalue weighted by Crippen LogP contribution is 2.37. The quantitative estimate of drug-likeness (QED) is 0.737. The third kappa shape index (κ3) is 1.97. The minimum absolute atomic E-state index is 0.0266. The SMILES string of the molecule is Nc1cccc(C2(F)CCS(=O)(=O)C2)c1. The number of anilines is 1. The van der Waals surface area contributed by atoms with Gasteiger partial charge in [0.15, 0.2) is 15.5 Å². The average molecular weight is 229 g/mol. The zero-order valence-electron chi connectivity index (χ0n) is 8.11. The Hall–Kier alpha value is -1.10. The molecule has 0 bridgehead atoms. The van der Waals surface area contributed by atoms with Crippen molar-refractivity contribution < 1.29 is 12.8 Å². The van der Waals surface area contributed by atoms with Gasteiger partial charge in [-0.05, 0) is 17.7 Å². The van der Waals surface area contributed by atoms with Gasteiger partial charge in [-0.15, -0.1) is 0 Å². The number of sulfone groups is 1. The van der Waals surface area contributed by atoms with Crippen LogP contribution in [0.4, 0.5) is 10.1 Å². The lowest BCUT2D eigenvalue weighted by Crippen LogP contribution is -2.21. The summed E-state index contributed by atoms with van der Waals surface area (Å²) in [7, 11) is -3.23. The van der Waals surface area contributed by atoms with Crippen molar-refractivity contribution in [3.05, 3.63) is 29.8 Å². The monoisotopic (exact) mass is 229 g/mol. The summed E-state index contributed by atoms with van der Waals surface area (Å²) in [5, 5.41) is 0. The highest BCUT2D eigenvalue weighted by atomic mass is 32.2. The predicted molar refractivity (Wildman–Crippen MR) is 56.9 cm³/mol. The summed E-state index contributed by atoms with van der Waals surface area (Å²) in [6.45, 7) is 0. The number of nitrogens with two attached hydrogens (primary N) is 1. The van der Waals surface area contributed by atoms with Crippen LogP contribution in [0.25, 0.3) is 0 Å². The van der Waals surface area contributed by atoms with Crippen LogP contribution >= 0.6 is 0 Å². The smallest absolute Gasteiger partial charge is 0.153 e. The molecule has 0 aromatic heterocycles. The van der Waals surface area contributed by atoms with E-state index in [4.69, 9.17) is 5.73 Å². The van der Waals surface area contributed by atoms with E-state index in [1.165, 1.54) is 6.07 Å². The maximum Gasteiger partial charge on any atom is 0.153 e. The van der Waals surface area contributed by atoms with E-state index in [1.807, 2.05) is 0 Å². The second kappa shape index (κ2) is 3.20. The fourth-order valence-corrected chi connectivity index (χ4v) is 3.64. The average Bonchev–Trinajstić information content (AvgIpc) is 2.42. The van der Waals surface area contributed by atoms with Crippen LogP contribution in [0.3, 0.4) is 0 Å². The molecule has 1 unspecified atom stereocenters. The van der Waals surface area contributed by atoms with Crippen molar-refractivity contribution in [2.75, 3.05) is 17.2 Å². The van der Waals surface area contributed by atoms with E-state index in [0.717, 1.165) is 0 Å². The van der Waals surface area contributed by atoms with Crippen LogP contribution in [0, 0.1) is 0 Å². The minimum atomic E-state index is -3.23. The van der Waals surface area contributed by atoms with Crippen LogP contribution in [0.15, 0.2) is 24.3 Å². The van der Waals surface area contributed by atoms with Crippen molar-refractivity contribution in [3.63, 3.8) is 0 Å². The van der Waals surface area contributed by atoms with Crippen molar-refractivity contribution in [3.8, 4) is 0 Å². The molecule has 1 aromatic carbocycles. The summed E-state index contributed by atoms with van der Waals surface area (Å²) in [6.07, 6.45) is 0.0266. The van der Waals surface area contributed by atoms with Gasteiger partial charge in [-0.2, -0.15) is 0 Å². The van der Waals surface area contributed by atoms with Gasteiger partial charge in [0.2, 0.25) is 0 Å². The molecule has 0 spiro atoms. The van der Waals surface area contributed by atoms with Gasteiger partial charge in [0.25, 0.3) is 0 Å². The summed E-state index contributed by atoms with van der Waals surface area (Å²) >= 11 is 0. The van der Waals surface area contributed by atoms with Crippen LogP contribution in [0.5, 0.6) is 0 Å². The third-order valence-corrected chi connectivity index (χ3v) is 4.39. The molecule has 1 aliphatic heterocycles. The molecule has 0 saturated carbocycles. The van der Waals surface area contributed by atoms with Gasteiger partial charge in [0, 0.05) is 12.1 Å². The van der Waals surface area contributed by atoms with Gasteiger partial charge in [0.05, 0.1) is 11.5 Å². The van der Waals surface area contributed by atoms with Gasteiger partial charge >= 0.3 is 0 Å². The largest absolute Gasteiger partial charge is 0.399 e. The highest BCUT2D eigenvalue weighted by Gasteiger charge is 2.44. The second-order valence-corrected chi connectivity index (χ2v) is 6.12. The molecular formula is C10H12FNO2S. The van der Waals surface area contributed by atoms with Crippen molar-refractivity contribution in [1.82, 2.24) is 0 Å². The summed E-state index contributed by atoms with van der Waals surface area (Å²) in [5.74, 6) is -0.512. The van der Waals surface area contributed by atoms with Crippen LogP contribution < -0.4 is 5.73 Å². The van der Waals surface area contributed by atoms with Crippen molar-refractivity contribution in [2.24, 2.45) is 0 Å². The Labute approximate surface area is 88.0 Å². The number of hydrogen-bond donors (Lipinski definition) is 1. The van der Waals surface area contributed by atoms with E-state index in [2.05, 4.69) is 0 Å². The van der Waals surface area contributed by atoms with E-state index < -0.39 is 21.3 Å². The summed E-state index contributed by atoms with van der Waals surface area (Å²) in [4.78, 5) is 0. The lowest BCUT2D eigenvalue weighted by atomic mass is 9.95. The Kier molecular flexibility index (Phi) is 2.22. The molecule has 15 heavy (non-hydrogen) atoms. The normalized spacial score (nSPS) is 29.1. The number of halogens is 1. The van der Waals surface area contributed by atoms with Crippen molar-refractivity contribution >= 4 is 15.5 Å². The van der Waals surface area contributed by atoms with Crippen LogP contribution in [0.2, 0.25) is 0 Å². The summed E-state index contributed by atoms with van der Waals surface area (Å²) in [5.41, 5.74) is 4.60. The highest BCUT2D eigenvalue weighted by molar-refractivity contribution is 7.91. The molecule has 1 aromatic rings. The van der Waals surface area contributed by atoms with Gasteiger partial charge in [-0.3, -0.25) is 0 Å². The molecule has 0 aliphatic carbocycles. The number of alkyl halides is 1. The summed E-state index contributed by atoms with van der Waals surface area (Å²) in [6, 6.07) is 6.37. The fraction of sp³-hybridized carbons (Fsp3) is 0.400. The standard InChI is InChI=1S/C10H12FNO2S/c11-10(4-5-15(13,14)7-10)8-2-1-3-9(12)6-8/h1-3,6H,4-5,7,12H2. The Morgan fingerprint density at radius 2 is 2.13 bits per heavy atom. The molecule has 1 aliphatic rings. The summed E-state index contributed by atoms with van der Waals surface area (Å²) < 4.78 is 36.8. The van der Waals surface area contributed by atoms with E-state index in [9.17, 15) is 12.8 Å². The van der Waals surface area contributed by atoms with Crippen LogP contribution in [-0.4, -0.2) is 19.9 Å². The fourth-order valence-electron chi connectivity index (χ4n) is 1.86. The molecule has 2 N–H and O–H groups in total. The molecular weight excluding hydrogens is 217 g/mol. The number of benzene rings is 1. The van der Waals surface area contributed by atoms with Crippen LogP contribution in [-0.2, 0) is 15.5 Å². The molecule has 1 saturated heterocycles. The zero-order valence-corrected chi connectivity index (χ0v) is 8.93.